The van der Waals surface area contributed by atoms with Gasteiger partial charge in [-0.1, -0.05) is 17.7 Å². The van der Waals surface area contributed by atoms with Crippen LogP contribution in [0.25, 0.3) is 0 Å². The molecule has 0 saturated carbocycles. The molecule has 2 unspecified atom stereocenters. The van der Waals surface area contributed by atoms with Crippen molar-refractivity contribution in [2.24, 2.45) is 0 Å². The van der Waals surface area contributed by atoms with Crippen molar-refractivity contribution in [3.63, 3.8) is 0 Å². The van der Waals surface area contributed by atoms with Gasteiger partial charge < -0.3 is 15.4 Å². The van der Waals surface area contributed by atoms with Gasteiger partial charge in [-0.2, -0.15) is 0 Å². The zero-order chi connectivity index (χ0) is 22.6. The highest BCUT2D eigenvalue weighted by Crippen LogP contribution is 2.24. The maximum Gasteiger partial charge on any atom is 0.241 e. The second kappa shape index (κ2) is 9.90. The van der Waals surface area contributed by atoms with Crippen molar-refractivity contribution in [2.45, 2.75) is 22.6 Å². The molecule has 11 heteroatoms. The van der Waals surface area contributed by atoms with E-state index in [9.17, 15) is 18.0 Å². The van der Waals surface area contributed by atoms with Crippen LogP contribution in [-0.2, 0) is 19.4 Å². The summed E-state index contributed by atoms with van der Waals surface area (Å²) in [4.78, 5) is 24.8. The fourth-order valence-corrected chi connectivity index (χ4v) is 5.44. The predicted octanol–water partition coefficient (Wildman–Crippen LogP) is 2.17. The third-order valence-corrected chi connectivity index (χ3v) is 8.26. The van der Waals surface area contributed by atoms with Gasteiger partial charge in [-0.3, -0.25) is 14.9 Å². The van der Waals surface area contributed by atoms with E-state index in [1.54, 1.807) is 25.1 Å². The summed E-state index contributed by atoms with van der Waals surface area (Å²) < 4.78 is 30.6. The van der Waals surface area contributed by atoms with Crippen LogP contribution < -0.4 is 20.7 Å². The zero-order valence-electron chi connectivity index (χ0n) is 16.8. The fraction of sp³-hybridized carbons (Fsp3) is 0.300. The van der Waals surface area contributed by atoms with Crippen molar-refractivity contribution >= 4 is 50.7 Å². The molecule has 0 aromatic heterocycles. The molecule has 1 aliphatic rings. The van der Waals surface area contributed by atoms with Gasteiger partial charge in [-0.05, 0) is 48.9 Å². The van der Waals surface area contributed by atoms with Gasteiger partial charge in [0.25, 0.3) is 0 Å². The van der Waals surface area contributed by atoms with Crippen LogP contribution in [0.3, 0.4) is 0 Å². The third kappa shape index (κ3) is 5.51. The van der Waals surface area contributed by atoms with E-state index in [2.05, 4.69) is 16.0 Å². The van der Waals surface area contributed by atoms with Crippen LogP contribution in [0.1, 0.15) is 5.56 Å². The molecular weight excluding hydrogens is 462 g/mol. The van der Waals surface area contributed by atoms with Crippen LogP contribution in [-0.4, -0.2) is 50.4 Å². The van der Waals surface area contributed by atoms with E-state index in [0.717, 1.165) is 17.3 Å². The molecule has 166 valence electrons. The Labute approximate surface area is 190 Å². The Balaban J connectivity index is 1.55. The number of halogens is 1. The number of rotatable bonds is 7. The molecule has 1 fully saturated rings. The van der Waals surface area contributed by atoms with Gasteiger partial charge in [0.1, 0.15) is 11.2 Å². The SMILES string of the molecule is COc1ccc(S(=O)(=O)C2CNC(SCC(=O)Nc3cccc(Cl)c3C)NC2=O)cc1. The van der Waals surface area contributed by atoms with Gasteiger partial charge in [0.2, 0.25) is 11.8 Å². The Bertz CT molecular complexity index is 1080. The van der Waals surface area contributed by atoms with E-state index < -0.39 is 26.5 Å². The molecule has 2 aromatic carbocycles. The average Bonchev–Trinajstić information content (AvgIpc) is 2.75. The van der Waals surface area contributed by atoms with Crippen molar-refractivity contribution in [1.82, 2.24) is 10.6 Å². The molecule has 1 aliphatic heterocycles. The maximum atomic E-state index is 12.8. The minimum absolute atomic E-state index is 0.0395. The van der Waals surface area contributed by atoms with Crippen LogP contribution in [0, 0.1) is 6.92 Å². The maximum absolute atomic E-state index is 12.8. The van der Waals surface area contributed by atoms with E-state index in [0.29, 0.717) is 16.5 Å². The first kappa shape index (κ1) is 23.4. The summed E-state index contributed by atoms with van der Waals surface area (Å²) in [5, 5.41) is 7.64. The molecule has 2 amide bonds. The van der Waals surface area contributed by atoms with Gasteiger partial charge in [-0.25, -0.2) is 8.42 Å². The number of methoxy groups -OCH3 is 1. The first-order chi connectivity index (χ1) is 14.7. The quantitative estimate of drug-likeness (QED) is 0.553. The number of nitrogens with one attached hydrogen (secondary N) is 3. The van der Waals surface area contributed by atoms with Crippen LogP contribution in [0.15, 0.2) is 47.4 Å². The van der Waals surface area contributed by atoms with Crippen LogP contribution >= 0.6 is 23.4 Å². The number of ether oxygens (including phenoxy) is 1. The van der Waals surface area contributed by atoms with Crippen LogP contribution in [0.2, 0.25) is 5.02 Å². The molecule has 31 heavy (non-hydrogen) atoms. The summed E-state index contributed by atoms with van der Waals surface area (Å²) in [5.74, 6) is -0.301. The number of benzene rings is 2. The number of hydrogen-bond donors (Lipinski definition) is 3. The summed E-state index contributed by atoms with van der Waals surface area (Å²) in [6, 6.07) is 11.1. The summed E-state index contributed by atoms with van der Waals surface area (Å²) in [6.45, 7) is 1.74. The highest BCUT2D eigenvalue weighted by atomic mass is 35.5. The minimum atomic E-state index is -3.87. The van der Waals surface area contributed by atoms with Crippen molar-refractivity contribution in [1.29, 1.82) is 0 Å². The normalized spacial score (nSPS) is 18.9. The molecule has 3 rings (SSSR count). The largest absolute Gasteiger partial charge is 0.497 e. The lowest BCUT2D eigenvalue weighted by Gasteiger charge is -2.29. The Morgan fingerprint density at radius 1 is 1.26 bits per heavy atom. The van der Waals surface area contributed by atoms with Crippen molar-refractivity contribution in [3.05, 3.63) is 53.1 Å². The third-order valence-electron chi connectivity index (χ3n) is 4.74. The first-order valence-electron chi connectivity index (χ1n) is 9.30. The molecule has 0 aliphatic carbocycles. The summed E-state index contributed by atoms with van der Waals surface area (Å²) >= 11 is 7.21. The summed E-state index contributed by atoms with van der Waals surface area (Å²) in [7, 11) is -2.39. The number of carbonyl (C=O) groups is 2. The Kier molecular flexibility index (Phi) is 7.47. The van der Waals surface area contributed by atoms with Gasteiger partial charge >= 0.3 is 0 Å². The fourth-order valence-electron chi connectivity index (χ4n) is 2.95. The molecule has 8 nitrogen and oxygen atoms in total. The standard InChI is InChI=1S/C20H22ClN3O5S2/c1-12-15(21)4-3-5-16(12)23-18(25)11-30-20-22-10-17(19(26)24-20)31(27,28)14-8-6-13(29-2)7-9-14/h3-9,17,20,22H,10-11H2,1-2H3,(H,23,25)(H,24,26). The van der Waals surface area contributed by atoms with Crippen LogP contribution in [0.5, 0.6) is 5.75 Å². The second-order valence-corrected chi connectivity index (χ2v) is 10.4. The number of sulfone groups is 1. The van der Waals surface area contributed by atoms with Gasteiger partial charge in [0.05, 0.1) is 17.8 Å². The van der Waals surface area contributed by atoms with E-state index >= 15 is 0 Å². The molecular formula is C20H22ClN3O5S2. The Hall–Kier alpha value is -2.27. The van der Waals surface area contributed by atoms with Gasteiger partial charge in [0.15, 0.2) is 15.1 Å². The first-order valence-corrected chi connectivity index (χ1v) is 12.3. The molecule has 0 radical (unpaired) electrons. The molecule has 0 bridgehead atoms. The molecule has 3 N–H and O–H groups in total. The molecule has 2 aromatic rings. The van der Waals surface area contributed by atoms with Gasteiger partial charge in [-0.15, -0.1) is 11.8 Å². The monoisotopic (exact) mass is 483 g/mol. The minimum Gasteiger partial charge on any atom is -0.497 e. The highest BCUT2D eigenvalue weighted by Gasteiger charge is 2.38. The number of carbonyl (C=O) groups excluding carboxylic acids is 2. The number of amides is 2. The second-order valence-electron chi connectivity index (χ2n) is 6.78. The molecule has 1 heterocycles. The van der Waals surface area contributed by atoms with Crippen molar-refractivity contribution in [2.75, 3.05) is 24.7 Å². The van der Waals surface area contributed by atoms with E-state index in [4.69, 9.17) is 16.3 Å². The zero-order valence-corrected chi connectivity index (χ0v) is 19.2. The van der Waals surface area contributed by atoms with Crippen LogP contribution in [0.4, 0.5) is 5.69 Å². The molecule has 1 saturated heterocycles. The van der Waals surface area contributed by atoms with E-state index in [-0.39, 0.29) is 23.1 Å². The van der Waals surface area contributed by atoms with Crippen molar-refractivity contribution < 1.29 is 22.7 Å². The lowest BCUT2D eigenvalue weighted by molar-refractivity contribution is -0.122. The summed E-state index contributed by atoms with van der Waals surface area (Å²) in [5.41, 5.74) is 0.795. The lowest BCUT2D eigenvalue weighted by Crippen LogP contribution is -2.59. The van der Waals surface area contributed by atoms with Gasteiger partial charge in [0, 0.05) is 17.3 Å². The molecule has 0 spiro atoms. The summed E-state index contributed by atoms with van der Waals surface area (Å²) in [6.07, 6.45) is 0. The highest BCUT2D eigenvalue weighted by molar-refractivity contribution is 8.00. The Morgan fingerprint density at radius 2 is 1.97 bits per heavy atom. The molecule has 2 atom stereocenters. The lowest BCUT2D eigenvalue weighted by atomic mass is 10.2. The predicted molar refractivity (Wildman–Crippen MR) is 121 cm³/mol. The Morgan fingerprint density at radius 3 is 2.61 bits per heavy atom. The number of hydrogen-bond acceptors (Lipinski definition) is 7. The topological polar surface area (TPSA) is 114 Å². The van der Waals surface area contributed by atoms with E-state index in [1.807, 2.05) is 0 Å². The number of thioether (sulfide) groups is 1. The smallest absolute Gasteiger partial charge is 0.241 e. The average molecular weight is 484 g/mol. The van der Waals surface area contributed by atoms with Crippen molar-refractivity contribution in [3.8, 4) is 5.75 Å². The van der Waals surface area contributed by atoms with E-state index in [1.165, 1.54) is 31.4 Å². The number of anilines is 1.